The number of ether oxygens (including phenoxy) is 6. The Balaban J connectivity index is 0.00000130. The summed E-state index contributed by atoms with van der Waals surface area (Å²) >= 11 is 0. The van der Waals surface area contributed by atoms with E-state index in [1.165, 1.54) is 27.7 Å². The van der Waals surface area contributed by atoms with Gasteiger partial charge in [-0.05, 0) is 63.1 Å². The molecule has 2 aromatic heterocycles. The van der Waals surface area contributed by atoms with Gasteiger partial charge in [0.2, 0.25) is 11.5 Å². The van der Waals surface area contributed by atoms with E-state index in [1.54, 1.807) is 42.7 Å². The van der Waals surface area contributed by atoms with Gasteiger partial charge < -0.3 is 38.0 Å². The molecule has 0 unspecified atom stereocenters. The fourth-order valence-electron chi connectivity index (χ4n) is 4.39. The van der Waals surface area contributed by atoms with E-state index in [9.17, 15) is 60.0 Å². The van der Waals surface area contributed by atoms with Crippen molar-refractivity contribution in [2.24, 2.45) is 0 Å². The van der Waals surface area contributed by atoms with Crippen LogP contribution >= 0.6 is 15.6 Å². The summed E-state index contributed by atoms with van der Waals surface area (Å²) in [6.45, 7) is 7.45. The molecule has 0 amide bonds. The molecule has 0 bridgehead atoms. The number of nitrogens with zero attached hydrogens (tertiary/aromatic N) is 2. The molecule has 24 heteroatoms. The first-order valence-electron chi connectivity index (χ1n) is 16.5. The summed E-state index contributed by atoms with van der Waals surface area (Å²) in [5.41, 5.74) is 4.35. The second kappa shape index (κ2) is 20.0. The third kappa shape index (κ3) is 28.3. The Morgan fingerprint density at radius 1 is 0.433 bits per heavy atom. The van der Waals surface area contributed by atoms with Crippen LogP contribution in [0.25, 0.3) is 11.1 Å². The van der Waals surface area contributed by atoms with Crippen molar-refractivity contribution in [3.63, 3.8) is 0 Å². The molecular formula is C36H46F12N2O8P2. The van der Waals surface area contributed by atoms with Crippen LogP contribution in [0.15, 0.2) is 73.3 Å². The van der Waals surface area contributed by atoms with Gasteiger partial charge >= 0.3 is 66.0 Å². The fraction of sp³-hybridized carbons (Fsp3) is 0.333. The van der Waals surface area contributed by atoms with Crippen molar-refractivity contribution in [2.45, 2.75) is 40.8 Å². The van der Waals surface area contributed by atoms with Gasteiger partial charge in [0.05, 0.1) is 42.7 Å². The van der Waals surface area contributed by atoms with Crippen LogP contribution in [0.3, 0.4) is 0 Å². The third-order valence-electron chi connectivity index (χ3n) is 6.29. The second-order valence-electron chi connectivity index (χ2n) is 12.3. The number of benzene rings is 2. The van der Waals surface area contributed by atoms with Crippen molar-refractivity contribution < 1.29 is 97.5 Å². The van der Waals surface area contributed by atoms with E-state index in [0.717, 1.165) is 22.3 Å². The summed E-state index contributed by atoms with van der Waals surface area (Å²) in [7, 11) is -11.6. The Bertz CT molecular complexity index is 1810. The minimum absolute atomic E-state index is 0.167. The molecule has 2 heterocycles. The van der Waals surface area contributed by atoms with Gasteiger partial charge in [0.1, 0.15) is 11.6 Å². The Kier molecular flexibility index (Phi) is 18.3. The third-order valence-corrected chi connectivity index (χ3v) is 6.29. The maximum absolute atomic E-state index is 10.7. The van der Waals surface area contributed by atoms with Crippen LogP contribution in [-0.2, 0) is 22.7 Å². The molecule has 4 aromatic rings. The Morgan fingerprint density at radius 2 is 0.617 bits per heavy atom. The fourth-order valence-corrected chi connectivity index (χ4v) is 4.39. The normalized spacial score (nSPS) is 13.0. The van der Waals surface area contributed by atoms with E-state index in [-0.39, 0.29) is 11.6 Å². The molecule has 0 spiro atoms. The quantitative estimate of drug-likeness (QED) is 0.0833. The summed E-state index contributed by atoms with van der Waals surface area (Å²) < 4.78 is 155. The number of carbonyl (C=O) groups excluding carboxylic acids is 2. The number of rotatable bonds is 11. The predicted octanol–water partition coefficient (Wildman–Crippen LogP) is 12.0. The molecule has 0 aliphatic carbocycles. The first kappa shape index (κ1) is 54.9. The van der Waals surface area contributed by atoms with Crippen LogP contribution in [0.5, 0.6) is 34.5 Å². The van der Waals surface area contributed by atoms with E-state index in [0.29, 0.717) is 47.6 Å². The maximum atomic E-state index is 9.87. The first-order chi connectivity index (χ1) is 26.9. The second-order valence-corrected chi connectivity index (χ2v) is 16.2. The number of halogens is 12. The summed E-state index contributed by atoms with van der Waals surface area (Å²) in [6.07, 6.45) is 8.26. The number of aromatic nitrogens is 2. The molecule has 10 nitrogen and oxygen atoms in total. The summed E-state index contributed by atoms with van der Waals surface area (Å²) in [6, 6.07) is 16.3. The molecule has 2 aromatic carbocycles. The summed E-state index contributed by atoms with van der Waals surface area (Å²) in [4.78, 5) is 18.9. The Labute approximate surface area is 338 Å². The number of hydrogen-bond acceptors (Lipinski definition) is 8. The van der Waals surface area contributed by atoms with Crippen molar-refractivity contribution in [1.29, 1.82) is 0 Å². The topological polar surface area (TPSA) is 97.3 Å². The number of hydrogen-bond donors (Lipinski definition) is 0. The van der Waals surface area contributed by atoms with Gasteiger partial charge in [-0.25, -0.2) is 9.13 Å². The number of carbonyl (C=O) groups is 2. The van der Waals surface area contributed by atoms with Crippen LogP contribution < -0.4 is 37.6 Å². The molecule has 0 fully saturated rings. The van der Waals surface area contributed by atoms with Gasteiger partial charge in [0.15, 0.2) is 60.9 Å². The zero-order chi connectivity index (χ0) is 47.0. The number of Topliss-reactive ketones (excluding diaryl/α,β-unsaturated/α-hetero) is 2. The van der Waals surface area contributed by atoms with Crippen molar-refractivity contribution in [2.75, 3.05) is 42.7 Å². The van der Waals surface area contributed by atoms with Crippen LogP contribution in [-0.4, -0.2) is 54.2 Å². The Morgan fingerprint density at radius 3 is 0.767 bits per heavy atom. The van der Waals surface area contributed by atoms with E-state index in [4.69, 9.17) is 28.4 Å². The SMILES string of the molecule is CC(C)=O.CC(C)=O.COc1cc(C[n+]2ccc(-c3cc[n+](Cc4cc(OC)c(OC)c(OC)c4)cc3)cc2)cc(OC)c1OC.F[P-](F)(F)(F)(F)F.F[P-](F)(F)(F)(F)F. The molecule has 0 aliphatic heterocycles. The van der Waals surface area contributed by atoms with Crippen molar-refractivity contribution >= 4 is 27.2 Å². The van der Waals surface area contributed by atoms with Crippen LogP contribution in [0.1, 0.15) is 38.8 Å². The van der Waals surface area contributed by atoms with Crippen LogP contribution in [0.4, 0.5) is 50.4 Å². The van der Waals surface area contributed by atoms with Crippen LogP contribution in [0.2, 0.25) is 0 Å². The van der Waals surface area contributed by atoms with Gasteiger partial charge in [0.25, 0.3) is 0 Å². The van der Waals surface area contributed by atoms with E-state index in [1.807, 2.05) is 24.3 Å². The van der Waals surface area contributed by atoms with Crippen molar-refractivity contribution in [1.82, 2.24) is 0 Å². The van der Waals surface area contributed by atoms with Gasteiger partial charge in [0, 0.05) is 35.4 Å². The van der Waals surface area contributed by atoms with Gasteiger partial charge in [-0.1, -0.05) is 0 Å². The molecule has 342 valence electrons. The molecule has 0 N–H and O–H groups in total. The van der Waals surface area contributed by atoms with Gasteiger partial charge in [-0.15, -0.1) is 0 Å². The van der Waals surface area contributed by atoms with Gasteiger partial charge in [-0.2, -0.15) is 0 Å². The standard InChI is InChI=1S/C30H34N2O6.2C3H6O.2F6P/c1-33-25-15-21(16-26(34-2)29(25)37-5)19-31-11-7-23(8-12-31)24-9-13-32(14-10-24)20-22-17-27(35-3)30(38-6)28(18-22)36-4;2*1-3(2)4;2*1-7(2,3,4,5)6/h7-18H,19-20H2,1-6H3;2*1-2H3;;/q+2;;;2*-1. The van der Waals surface area contributed by atoms with Gasteiger partial charge in [-0.3, -0.25) is 0 Å². The zero-order valence-corrected chi connectivity index (χ0v) is 35.7. The summed E-state index contributed by atoms with van der Waals surface area (Å²) in [5.74, 6) is 4.08. The minimum atomic E-state index is -10.7. The molecule has 0 saturated carbocycles. The first-order valence-corrected chi connectivity index (χ1v) is 20.6. The molecule has 0 atom stereocenters. The van der Waals surface area contributed by atoms with E-state index >= 15 is 0 Å². The van der Waals surface area contributed by atoms with E-state index < -0.39 is 15.6 Å². The van der Waals surface area contributed by atoms with Crippen molar-refractivity contribution in [3.8, 4) is 45.6 Å². The van der Waals surface area contributed by atoms with E-state index in [2.05, 4.69) is 58.2 Å². The molecule has 0 saturated heterocycles. The Hall–Kier alpha value is -5.10. The number of methoxy groups -OCH3 is 6. The monoisotopic (exact) mass is 924 g/mol. The molecular weight excluding hydrogens is 878 g/mol. The predicted molar refractivity (Wildman–Crippen MR) is 203 cm³/mol. The molecule has 60 heavy (non-hydrogen) atoms. The summed E-state index contributed by atoms with van der Waals surface area (Å²) in [5, 5.41) is 0. The molecule has 0 aliphatic rings. The van der Waals surface area contributed by atoms with Crippen LogP contribution in [0, 0.1) is 0 Å². The average Bonchev–Trinajstić information content (AvgIpc) is 3.08. The zero-order valence-electron chi connectivity index (χ0n) is 33.9. The number of ketones is 2. The molecule has 0 radical (unpaired) electrons. The number of pyridine rings is 2. The average molecular weight is 925 g/mol. The van der Waals surface area contributed by atoms with Crippen molar-refractivity contribution in [3.05, 3.63) is 84.4 Å². The molecule has 4 rings (SSSR count).